The fourth-order valence-corrected chi connectivity index (χ4v) is 6.32. The van der Waals surface area contributed by atoms with Crippen LogP contribution in [0.2, 0.25) is 0 Å². The van der Waals surface area contributed by atoms with E-state index in [-0.39, 0.29) is 43.3 Å². The molecule has 1 aromatic carbocycles. The number of thiazole rings is 1. The highest BCUT2D eigenvalue weighted by Crippen LogP contribution is 2.34. The molecule has 1 saturated heterocycles. The van der Waals surface area contributed by atoms with Crippen molar-refractivity contribution in [3.8, 4) is 16.2 Å². The Hall–Kier alpha value is -2.98. The van der Waals surface area contributed by atoms with Gasteiger partial charge in [-0.3, -0.25) is 14.4 Å². The highest BCUT2D eigenvalue weighted by atomic mass is 32.1. The fourth-order valence-electron chi connectivity index (χ4n) is 5.52. The summed E-state index contributed by atoms with van der Waals surface area (Å²) in [7, 11) is 0. The molecule has 10 heteroatoms. The van der Waals surface area contributed by atoms with Gasteiger partial charge in [0.15, 0.2) is 0 Å². The predicted molar refractivity (Wildman–Crippen MR) is 155 cm³/mol. The average molecular weight is 571 g/mol. The van der Waals surface area contributed by atoms with Crippen LogP contribution in [0.15, 0.2) is 23.7 Å². The van der Waals surface area contributed by atoms with Gasteiger partial charge in [-0.15, -0.1) is 11.3 Å². The largest absolute Gasteiger partial charge is 0.490 e. The van der Waals surface area contributed by atoms with Gasteiger partial charge in [-0.05, 0) is 49.7 Å². The zero-order valence-corrected chi connectivity index (χ0v) is 25.0. The summed E-state index contributed by atoms with van der Waals surface area (Å²) in [5, 5.41) is 16.1. The lowest BCUT2D eigenvalue weighted by Gasteiger charge is -2.35. The minimum Gasteiger partial charge on any atom is -0.490 e. The number of hydrogen-bond donors (Lipinski definition) is 3. The molecule has 2 aromatic rings. The first kappa shape index (κ1) is 30.0. The van der Waals surface area contributed by atoms with Crippen molar-refractivity contribution in [3.05, 3.63) is 35.0 Å². The Balaban J connectivity index is 1.52. The number of aromatic nitrogens is 1. The summed E-state index contributed by atoms with van der Waals surface area (Å²) in [5.74, 6) is -0.289. The summed E-state index contributed by atoms with van der Waals surface area (Å²) in [6.07, 6.45) is 5.00. The number of β-amino-alcohol motifs (C(OH)–C–C–N with tert-alkyl or cyclic N) is 1. The van der Waals surface area contributed by atoms with E-state index in [0.29, 0.717) is 0 Å². The molecule has 0 spiro atoms. The highest BCUT2D eigenvalue weighted by Gasteiger charge is 2.44. The Morgan fingerprint density at radius 3 is 2.55 bits per heavy atom. The van der Waals surface area contributed by atoms with Crippen LogP contribution >= 0.6 is 11.3 Å². The third-order valence-electron chi connectivity index (χ3n) is 7.70. The SMILES string of the molecule is CC(=O)N[C@H](C(=O)N1C[C@H](O)C[C@H]1C(=O)NCc1ccc(-c2scnc2C)cc1OC1CCCCC1)C(C)(C)C. The number of aryl methyl sites for hydroxylation is 1. The van der Waals surface area contributed by atoms with Crippen molar-refractivity contribution in [2.24, 2.45) is 5.41 Å². The second kappa shape index (κ2) is 12.7. The van der Waals surface area contributed by atoms with Crippen LogP contribution in [-0.4, -0.2) is 63.5 Å². The summed E-state index contributed by atoms with van der Waals surface area (Å²) < 4.78 is 6.49. The van der Waals surface area contributed by atoms with Crippen LogP contribution in [0.3, 0.4) is 0 Å². The van der Waals surface area contributed by atoms with Gasteiger partial charge in [0.05, 0.1) is 28.3 Å². The molecule has 1 aliphatic heterocycles. The standard InChI is InChI=1S/C30H42N4O5S/c1-18-26(40-17-32-18)20-11-12-21(25(13-20)39-23-9-7-6-8-10-23)15-31-28(37)24-14-22(36)16-34(24)29(38)27(30(3,4)5)33-19(2)35/h11-13,17,22-24,27,36H,6-10,14-16H2,1-5H3,(H,31,37)(H,33,35)/t22-,24+,27-/m1/s1. The van der Waals surface area contributed by atoms with Crippen LogP contribution in [0, 0.1) is 12.3 Å². The van der Waals surface area contributed by atoms with Crippen LogP contribution < -0.4 is 15.4 Å². The zero-order chi connectivity index (χ0) is 29.0. The van der Waals surface area contributed by atoms with Gasteiger partial charge >= 0.3 is 0 Å². The number of carbonyl (C=O) groups is 3. The highest BCUT2D eigenvalue weighted by molar-refractivity contribution is 7.13. The Kier molecular flexibility index (Phi) is 9.51. The molecular formula is C30H42N4O5S. The van der Waals surface area contributed by atoms with Gasteiger partial charge < -0.3 is 25.4 Å². The minimum absolute atomic E-state index is 0.0437. The minimum atomic E-state index is -0.831. The van der Waals surface area contributed by atoms with E-state index in [1.54, 1.807) is 11.3 Å². The van der Waals surface area contributed by atoms with E-state index < -0.39 is 23.6 Å². The number of hydrogen-bond acceptors (Lipinski definition) is 7. The molecule has 40 heavy (non-hydrogen) atoms. The van der Waals surface area contributed by atoms with E-state index in [0.717, 1.165) is 53.1 Å². The molecule has 2 heterocycles. The van der Waals surface area contributed by atoms with Crippen LogP contribution in [-0.2, 0) is 20.9 Å². The van der Waals surface area contributed by atoms with E-state index in [1.807, 2.05) is 51.4 Å². The van der Waals surface area contributed by atoms with E-state index in [2.05, 4.69) is 15.6 Å². The molecule has 4 rings (SSSR count). The molecule has 1 aromatic heterocycles. The summed E-state index contributed by atoms with van der Waals surface area (Å²) in [5.41, 5.74) is 4.11. The molecule has 0 unspecified atom stereocenters. The summed E-state index contributed by atoms with van der Waals surface area (Å²) in [4.78, 5) is 45.6. The number of nitrogens with one attached hydrogen (secondary N) is 2. The average Bonchev–Trinajstić information content (AvgIpc) is 3.51. The van der Waals surface area contributed by atoms with E-state index in [1.165, 1.54) is 18.2 Å². The number of aliphatic hydroxyl groups excluding tert-OH is 1. The van der Waals surface area contributed by atoms with Crippen molar-refractivity contribution >= 4 is 29.1 Å². The molecule has 3 amide bonds. The van der Waals surface area contributed by atoms with Gasteiger partial charge in [-0.25, -0.2) is 4.98 Å². The Morgan fingerprint density at radius 2 is 1.93 bits per heavy atom. The Labute approximate surface area is 240 Å². The molecule has 0 bridgehead atoms. The third-order valence-corrected chi connectivity index (χ3v) is 8.68. The van der Waals surface area contributed by atoms with Gasteiger partial charge in [-0.1, -0.05) is 39.3 Å². The molecule has 0 radical (unpaired) electrons. The van der Waals surface area contributed by atoms with Crippen LogP contribution in [0.1, 0.15) is 77.5 Å². The molecule has 3 N–H and O–H groups in total. The number of aliphatic hydroxyl groups is 1. The molecule has 1 saturated carbocycles. The Morgan fingerprint density at radius 1 is 1.20 bits per heavy atom. The van der Waals surface area contributed by atoms with Crippen molar-refractivity contribution in [1.29, 1.82) is 0 Å². The summed E-state index contributed by atoms with van der Waals surface area (Å²) in [6.45, 7) is 9.20. The van der Waals surface area contributed by atoms with Crippen LogP contribution in [0.4, 0.5) is 0 Å². The zero-order valence-electron chi connectivity index (χ0n) is 24.2. The van der Waals surface area contributed by atoms with Crippen molar-refractivity contribution < 1.29 is 24.2 Å². The van der Waals surface area contributed by atoms with Gasteiger partial charge in [0.1, 0.15) is 17.8 Å². The van der Waals surface area contributed by atoms with E-state index in [9.17, 15) is 19.5 Å². The lowest BCUT2D eigenvalue weighted by atomic mass is 9.85. The third kappa shape index (κ3) is 7.20. The number of rotatable bonds is 8. The monoisotopic (exact) mass is 570 g/mol. The smallest absolute Gasteiger partial charge is 0.246 e. The number of ether oxygens (including phenoxy) is 1. The maximum Gasteiger partial charge on any atom is 0.246 e. The number of benzene rings is 1. The molecule has 1 aliphatic carbocycles. The van der Waals surface area contributed by atoms with Gasteiger partial charge in [0.2, 0.25) is 17.7 Å². The van der Waals surface area contributed by atoms with Crippen LogP contribution in [0.5, 0.6) is 5.75 Å². The number of likely N-dealkylation sites (tertiary alicyclic amines) is 1. The molecule has 218 valence electrons. The van der Waals surface area contributed by atoms with Crippen molar-refractivity contribution in [3.63, 3.8) is 0 Å². The summed E-state index contributed by atoms with van der Waals surface area (Å²) in [6, 6.07) is 4.39. The molecule has 2 aliphatic rings. The first-order chi connectivity index (χ1) is 18.9. The van der Waals surface area contributed by atoms with Gasteiger partial charge in [0, 0.05) is 32.0 Å². The van der Waals surface area contributed by atoms with Gasteiger partial charge in [-0.2, -0.15) is 0 Å². The lowest BCUT2D eigenvalue weighted by molar-refractivity contribution is -0.143. The molecular weight excluding hydrogens is 528 g/mol. The Bertz CT molecular complexity index is 1220. The maximum atomic E-state index is 13.5. The number of nitrogens with zero attached hydrogens (tertiary/aromatic N) is 2. The number of amides is 3. The normalized spacial score (nSPS) is 20.7. The van der Waals surface area contributed by atoms with Crippen LogP contribution in [0.25, 0.3) is 10.4 Å². The fraction of sp³-hybridized carbons (Fsp3) is 0.600. The molecule has 3 atom stereocenters. The lowest BCUT2D eigenvalue weighted by Crippen LogP contribution is -2.57. The first-order valence-electron chi connectivity index (χ1n) is 14.2. The maximum absolute atomic E-state index is 13.5. The quantitative estimate of drug-likeness (QED) is 0.442. The number of carbonyl (C=O) groups excluding carboxylic acids is 3. The topological polar surface area (TPSA) is 121 Å². The van der Waals surface area contributed by atoms with Crippen molar-refractivity contribution in [1.82, 2.24) is 20.5 Å². The van der Waals surface area contributed by atoms with Crippen molar-refractivity contribution in [2.45, 2.75) is 104 Å². The second-order valence-corrected chi connectivity index (χ2v) is 12.9. The van der Waals surface area contributed by atoms with Crippen molar-refractivity contribution in [2.75, 3.05) is 6.54 Å². The van der Waals surface area contributed by atoms with Gasteiger partial charge in [0.25, 0.3) is 0 Å². The van der Waals surface area contributed by atoms with E-state index in [4.69, 9.17) is 4.74 Å². The first-order valence-corrected chi connectivity index (χ1v) is 15.1. The van der Waals surface area contributed by atoms with E-state index >= 15 is 0 Å². The summed E-state index contributed by atoms with van der Waals surface area (Å²) >= 11 is 1.59. The molecule has 9 nitrogen and oxygen atoms in total. The molecule has 2 fully saturated rings. The predicted octanol–water partition coefficient (Wildman–Crippen LogP) is 3.96. The second-order valence-electron chi connectivity index (χ2n) is 12.1.